The first kappa shape index (κ1) is 29.9. The van der Waals surface area contributed by atoms with Crippen LogP contribution in [-0.4, -0.2) is 40.6 Å². The van der Waals surface area contributed by atoms with Gasteiger partial charge in [-0.05, 0) is 78.0 Å². The zero-order chi connectivity index (χ0) is 24.8. The molecule has 0 spiro atoms. The van der Waals surface area contributed by atoms with E-state index in [2.05, 4.69) is 58.2 Å². The summed E-state index contributed by atoms with van der Waals surface area (Å²) in [4.78, 5) is 26.4. The zero-order valence-corrected chi connectivity index (χ0v) is 21.5. The van der Waals surface area contributed by atoms with Gasteiger partial charge in [-0.15, -0.1) is 0 Å². The van der Waals surface area contributed by atoms with Gasteiger partial charge in [0.15, 0.2) is 0 Å². The number of aliphatic carboxylic acids is 1. The Labute approximate surface area is 195 Å². The molecule has 1 N–H and O–H groups in total. The number of ether oxygens (including phenoxy) is 1. The number of allylic oxidation sites excluding steroid dienone is 5. The first-order chi connectivity index (χ1) is 15.0. The molecule has 182 valence electrons. The van der Waals surface area contributed by atoms with Crippen molar-refractivity contribution in [3.05, 3.63) is 47.8 Å². The lowest BCUT2D eigenvalue weighted by Crippen LogP contribution is -2.38. The number of carboxylic acids is 1. The highest BCUT2D eigenvalue weighted by Crippen LogP contribution is 2.28. The fraction of sp³-hybridized carbons (Fsp3) is 0.630. The quantitative estimate of drug-likeness (QED) is 0.102. The van der Waals surface area contributed by atoms with Gasteiger partial charge in [-0.1, -0.05) is 52.0 Å². The van der Waals surface area contributed by atoms with Gasteiger partial charge in [-0.25, -0.2) is 4.79 Å². The third kappa shape index (κ3) is 10.9. The summed E-state index contributed by atoms with van der Waals surface area (Å²) in [5.41, 5.74) is 0.831. The van der Waals surface area contributed by atoms with Crippen LogP contribution in [0.1, 0.15) is 81.1 Å². The molecular weight excluding hydrogens is 402 g/mol. The summed E-state index contributed by atoms with van der Waals surface area (Å²) in [6, 6.07) is 0.800. The molecule has 5 nitrogen and oxygen atoms in total. The number of rotatable bonds is 15. The highest BCUT2D eigenvalue weighted by Gasteiger charge is 2.22. The molecule has 1 unspecified atom stereocenters. The van der Waals surface area contributed by atoms with E-state index in [-0.39, 0.29) is 23.4 Å². The van der Waals surface area contributed by atoms with Gasteiger partial charge in [0.05, 0.1) is 11.5 Å². The van der Waals surface area contributed by atoms with Crippen molar-refractivity contribution >= 4 is 11.9 Å². The van der Waals surface area contributed by atoms with Crippen LogP contribution in [0, 0.1) is 11.8 Å². The standard InChI is InChI=1S/C27H45NO4/c1-10-12-13-14-15-24(16-17-28(20(5)6)21(7)8)25(18-23(11-2)26(29)30)22(9)32-27(31)19(3)4/h11,13-14,18-21,24H,2,10,12,15-17H2,1,3-9H3,(H,29,30). The monoisotopic (exact) mass is 447 g/mol. The van der Waals surface area contributed by atoms with Gasteiger partial charge >= 0.3 is 11.9 Å². The van der Waals surface area contributed by atoms with Crippen LogP contribution in [0.25, 0.3) is 0 Å². The van der Waals surface area contributed by atoms with Crippen molar-refractivity contribution in [3.63, 3.8) is 0 Å². The molecule has 0 bridgehead atoms. The number of esters is 1. The lowest BCUT2D eigenvalue weighted by atomic mass is 9.88. The van der Waals surface area contributed by atoms with E-state index < -0.39 is 5.97 Å². The van der Waals surface area contributed by atoms with Crippen molar-refractivity contribution in [2.45, 2.75) is 93.2 Å². The van der Waals surface area contributed by atoms with Gasteiger partial charge in [-0.2, -0.15) is 0 Å². The first-order valence-corrected chi connectivity index (χ1v) is 11.9. The van der Waals surface area contributed by atoms with Crippen molar-refractivity contribution in [2.24, 2.45) is 11.8 Å². The van der Waals surface area contributed by atoms with Crippen LogP contribution < -0.4 is 0 Å². The molecule has 0 heterocycles. The van der Waals surface area contributed by atoms with Gasteiger partial charge in [0.2, 0.25) is 0 Å². The highest BCUT2D eigenvalue weighted by atomic mass is 16.5. The van der Waals surface area contributed by atoms with E-state index in [0.717, 1.165) is 37.8 Å². The molecule has 5 heteroatoms. The Bertz CT molecular complexity index is 690. The molecule has 0 aliphatic rings. The summed E-state index contributed by atoms with van der Waals surface area (Å²) in [7, 11) is 0. The maximum Gasteiger partial charge on any atom is 0.335 e. The van der Waals surface area contributed by atoms with Crippen molar-refractivity contribution in [2.75, 3.05) is 6.54 Å². The molecule has 0 radical (unpaired) electrons. The van der Waals surface area contributed by atoms with Crippen LogP contribution in [-0.2, 0) is 14.3 Å². The SMILES string of the molecule is C=CC(=CC(=C(C)OC(=O)C(C)C)C(CC=CCCC)CCN(C(C)C)C(C)C)C(=O)O. The molecule has 1 atom stereocenters. The van der Waals surface area contributed by atoms with Crippen LogP contribution in [0.3, 0.4) is 0 Å². The Morgan fingerprint density at radius 2 is 1.66 bits per heavy atom. The fourth-order valence-electron chi connectivity index (χ4n) is 3.57. The zero-order valence-electron chi connectivity index (χ0n) is 21.5. The molecule has 0 amide bonds. The maximum absolute atomic E-state index is 12.3. The summed E-state index contributed by atoms with van der Waals surface area (Å²) >= 11 is 0. The molecule has 0 rings (SSSR count). The smallest absolute Gasteiger partial charge is 0.335 e. The topological polar surface area (TPSA) is 66.8 Å². The van der Waals surface area contributed by atoms with E-state index in [9.17, 15) is 14.7 Å². The van der Waals surface area contributed by atoms with E-state index in [1.165, 1.54) is 6.08 Å². The minimum absolute atomic E-state index is 0.0115. The number of unbranched alkanes of at least 4 members (excludes halogenated alkanes) is 1. The highest BCUT2D eigenvalue weighted by molar-refractivity contribution is 5.90. The molecule has 0 saturated heterocycles. The van der Waals surface area contributed by atoms with Crippen LogP contribution >= 0.6 is 0 Å². The second-order valence-electron chi connectivity index (χ2n) is 9.10. The van der Waals surface area contributed by atoms with E-state index in [1.54, 1.807) is 26.8 Å². The normalized spacial score (nSPS) is 14.4. The number of nitrogens with zero attached hydrogens (tertiary/aromatic N) is 1. The Kier molecular flexibility index (Phi) is 14.6. The number of carboxylic acid groups (broad SMARTS) is 1. The number of hydrogen-bond acceptors (Lipinski definition) is 4. The predicted octanol–water partition coefficient (Wildman–Crippen LogP) is 6.53. The minimum atomic E-state index is -1.05. The Hall–Kier alpha value is -2.14. The Morgan fingerprint density at radius 3 is 2.09 bits per heavy atom. The molecule has 0 aromatic rings. The summed E-state index contributed by atoms with van der Waals surface area (Å²) < 4.78 is 5.64. The second-order valence-corrected chi connectivity index (χ2v) is 9.10. The summed E-state index contributed by atoms with van der Waals surface area (Å²) in [6.07, 6.45) is 10.9. The average molecular weight is 448 g/mol. The van der Waals surface area contributed by atoms with Crippen LogP contribution in [0.5, 0.6) is 0 Å². The van der Waals surface area contributed by atoms with Gasteiger partial charge in [0, 0.05) is 12.1 Å². The summed E-state index contributed by atoms with van der Waals surface area (Å²) in [5, 5.41) is 9.57. The number of carbonyl (C=O) groups excluding carboxylic acids is 1. The third-order valence-electron chi connectivity index (χ3n) is 5.45. The molecular formula is C27H45NO4. The van der Waals surface area contributed by atoms with Crippen LogP contribution in [0.15, 0.2) is 47.8 Å². The van der Waals surface area contributed by atoms with E-state index >= 15 is 0 Å². The van der Waals surface area contributed by atoms with Gasteiger partial charge in [-0.3, -0.25) is 9.69 Å². The predicted molar refractivity (Wildman–Crippen MR) is 133 cm³/mol. The molecule has 0 aromatic carbocycles. The Morgan fingerprint density at radius 1 is 1.06 bits per heavy atom. The molecule has 0 aliphatic carbocycles. The fourth-order valence-corrected chi connectivity index (χ4v) is 3.57. The van der Waals surface area contributed by atoms with E-state index in [1.807, 2.05) is 0 Å². The van der Waals surface area contributed by atoms with E-state index in [4.69, 9.17) is 4.74 Å². The maximum atomic E-state index is 12.3. The van der Waals surface area contributed by atoms with Crippen LogP contribution in [0.2, 0.25) is 0 Å². The van der Waals surface area contributed by atoms with Crippen molar-refractivity contribution < 1.29 is 19.4 Å². The minimum Gasteiger partial charge on any atom is -0.478 e. The average Bonchev–Trinajstić information content (AvgIpc) is 2.69. The Balaban J connectivity index is 6.29. The lowest BCUT2D eigenvalue weighted by Gasteiger charge is -2.32. The van der Waals surface area contributed by atoms with Crippen LogP contribution in [0.4, 0.5) is 0 Å². The second kappa shape index (κ2) is 15.6. The summed E-state index contributed by atoms with van der Waals surface area (Å²) in [5.74, 6) is -1.17. The van der Waals surface area contributed by atoms with Gasteiger partial charge in [0.25, 0.3) is 0 Å². The number of carbonyl (C=O) groups is 2. The largest absolute Gasteiger partial charge is 0.478 e. The molecule has 0 aliphatic heterocycles. The number of hydrogen-bond donors (Lipinski definition) is 1. The van der Waals surface area contributed by atoms with Crippen molar-refractivity contribution in [1.29, 1.82) is 0 Å². The molecule has 0 saturated carbocycles. The molecule has 0 aromatic heterocycles. The van der Waals surface area contributed by atoms with E-state index in [0.29, 0.717) is 17.8 Å². The van der Waals surface area contributed by atoms with Gasteiger partial charge in [0.1, 0.15) is 5.76 Å². The summed E-state index contributed by atoms with van der Waals surface area (Å²) in [6.45, 7) is 20.7. The van der Waals surface area contributed by atoms with Crippen molar-refractivity contribution in [1.82, 2.24) is 4.90 Å². The molecule has 32 heavy (non-hydrogen) atoms. The molecule has 0 fully saturated rings. The van der Waals surface area contributed by atoms with Gasteiger partial charge < -0.3 is 9.84 Å². The van der Waals surface area contributed by atoms with Crippen molar-refractivity contribution in [3.8, 4) is 0 Å². The third-order valence-corrected chi connectivity index (χ3v) is 5.45. The lowest BCUT2D eigenvalue weighted by molar-refractivity contribution is -0.143. The first-order valence-electron chi connectivity index (χ1n) is 11.9.